The molecule has 1 rings (SSSR count). The monoisotopic (exact) mass is 223 g/mol. The highest BCUT2D eigenvalue weighted by Crippen LogP contribution is 2.19. The third-order valence-electron chi connectivity index (χ3n) is 2.08. The molecule has 0 radical (unpaired) electrons. The highest BCUT2D eigenvalue weighted by Gasteiger charge is 2.03. The van der Waals surface area contributed by atoms with E-state index >= 15 is 0 Å². The number of nitrogens with zero attached hydrogens (tertiary/aromatic N) is 1. The predicted octanol–water partition coefficient (Wildman–Crippen LogP) is 0.0647. The van der Waals surface area contributed by atoms with E-state index in [1.54, 1.807) is 11.0 Å². The van der Waals surface area contributed by atoms with Crippen molar-refractivity contribution in [1.82, 2.24) is 4.90 Å². The van der Waals surface area contributed by atoms with Crippen LogP contribution in [-0.2, 0) is 4.79 Å². The molecule has 0 spiro atoms. The Morgan fingerprint density at radius 2 is 2.12 bits per heavy atom. The first-order chi connectivity index (χ1) is 7.59. The second kappa shape index (κ2) is 5.97. The average molecular weight is 223 g/mol. The second-order valence-corrected chi connectivity index (χ2v) is 3.59. The van der Waals surface area contributed by atoms with Crippen LogP contribution in [0, 0.1) is 0 Å². The number of carbonyl (C=O) groups excluding carboxylic acids is 1. The number of likely N-dealkylation sites (N-methyl/N-ethyl adjacent to an activating group) is 1. The molecule has 0 aliphatic carbocycles. The van der Waals surface area contributed by atoms with Crippen molar-refractivity contribution >= 4 is 11.6 Å². The van der Waals surface area contributed by atoms with Gasteiger partial charge in [-0.3, -0.25) is 9.69 Å². The number of ether oxygens (including phenoxy) is 1. The minimum absolute atomic E-state index is 0.230. The molecule has 1 aromatic carbocycles. The van der Waals surface area contributed by atoms with Crippen molar-refractivity contribution in [2.75, 3.05) is 32.5 Å². The number of rotatable bonds is 6. The van der Waals surface area contributed by atoms with Gasteiger partial charge in [-0.05, 0) is 19.2 Å². The summed E-state index contributed by atoms with van der Waals surface area (Å²) in [7, 11) is 1.81. The third-order valence-corrected chi connectivity index (χ3v) is 2.08. The molecule has 4 N–H and O–H groups in total. The second-order valence-electron chi connectivity index (χ2n) is 3.59. The van der Waals surface area contributed by atoms with Crippen LogP contribution in [0.5, 0.6) is 5.75 Å². The van der Waals surface area contributed by atoms with Crippen LogP contribution in [0.2, 0.25) is 0 Å². The molecule has 0 bridgehead atoms. The van der Waals surface area contributed by atoms with Gasteiger partial charge < -0.3 is 16.2 Å². The van der Waals surface area contributed by atoms with Gasteiger partial charge in [0.25, 0.3) is 0 Å². The first-order valence-corrected chi connectivity index (χ1v) is 5.03. The fraction of sp³-hybridized carbons (Fsp3) is 0.364. The molecule has 88 valence electrons. The fourth-order valence-electron chi connectivity index (χ4n) is 1.27. The van der Waals surface area contributed by atoms with Gasteiger partial charge in [0, 0.05) is 6.54 Å². The van der Waals surface area contributed by atoms with E-state index in [2.05, 4.69) is 0 Å². The van der Waals surface area contributed by atoms with E-state index in [9.17, 15) is 4.79 Å². The van der Waals surface area contributed by atoms with Gasteiger partial charge in [-0.25, -0.2) is 0 Å². The first kappa shape index (κ1) is 12.3. The topological polar surface area (TPSA) is 81.6 Å². The lowest BCUT2D eigenvalue weighted by Gasteiger charge is -2.15. The molecule has 0 aromatic heterocycles. The number of hydrogen-bond acceptors (Lipinski definition) is 4. The highest BCUT2D eigenvalue weighted by atomic mass is 16.5. The Morgan fingerprint density at radius 1 is 1.44 bits per heavy atom. The van der Waals surface area contributed by atoms with Crippen LogP contribution in [0.1, 0.15) is 0 Å². The summed E-state index contributed by atoms with van der Waals surface area (Å²) in [6, 6.07) is 7.30. The van der Waals surface area contributed by atoms with Crippen LogP contribution in [0.25, 0.3) is 0 Å². The Labute approximate surface area is 95.0 Å². The maximum Gasteiger partial charge on any atom is 0.231 e. The van der Waals surface area contributed by atoms with Crippen LogP contribution in [0.3, 0.4) is 0 Å². The number of primary amides is 1. The summed E-state index contributed by atoms with van der Waals surface area (Å²) in [5.74, 6) is 0.316. The largest absolute Gasteiger partial charge is 0.490 e. The number of amides is 1. The number of hydrogen-bond donors (Lipinski definition) is 2. The maximum atomic E-state index is 10.6. The average Bonchev–Trinajstić information content (AvgIpc) is 2.19. The van der Waals surface area contributed by atoms with E-state index in [1.165, 1.54) is 0 Å². The Kier molecular flexibility index (Phi) is 4.60. The van der Waals surface area contributed by atoms with Crippen LogP contribution < -0.4 is 16.2 Å². The lowest BCUT2D eigenvalue weighted by molar-refractivity contribution is -0.118. The SMILES string of the molecule is CN(CCOc1ccccc1N)CC(N)=O. The Balaban J connectivity index is 2.30. The molecule has 0 fully saturated rings. The molecule has 0 heterocycles. The van der Waals surface area contributed by atoms with Crippen molar-refractivity contribution in [1.29, 1.82) is 0 Å². The molecule has 1 amide bonds. The smallest absolute Gasteiger partial charge is 0.231 e. The van der Waals surface area contributed by atoms with Crippen molar-refractivity contribution in [3.8, 4) is 5.75 Å². The third kappa shape index (κ3) is 4.18. The Bertz CT molecular complexity index is 355. The number of anilines is 1. The fourth-order valence-corrected chi connectivity index (χ4v) is 1.27. The number of para-hydroxylation sites is 2. The minimum Gasteiger partial charge on any atom is -0.490 e. The lowest BCUT2D eigenvalue weighted by Crippen LogP contribution is -2.33. The molecule has 0 unspecified atom stereocenters. The first-order valence-electron chi connectivity index (χ1n) is 5.03. The van der Waals surface area contributed by atoms with Crippen LogP contribution in [0.15, 0.2) is 24.3 Å². The molecule has 5 heteroatoms. The van der Waals surface area contributed by atoms with Gasteiger partial charge in [0.2, 0.25) is 5.91 Å². The van der Waals surface area contributed by atoms with E-state index in [4.69, 9.17) is 16.2 Å². The molecule has 0 saturated heterocycles. The minimum atomic E-state index is -0.346. The van der Waals surface area contributed by atoms with E-state index in [-0.39, 0.29) is 12.5 Å². The van der Waals surface area contributed by atoms with Crippen LogP contribution in [0.4, 0.5) is 5.69 Å². The van der Waals surface area contributed by atoms with Crippen LogP contribution in [-0.4, -0.2) is 37.6 Å². The highest BCUT2D eigenvalue weighted by molar-refractivity contribution is 5.75. The Morgan fingerprint density at radius 3 is 2.75 bits per heavy atom. The number of nitrogen functional groups attached to an aromatic ring is 1. The quantitative estimate of drug-likeness (QED) is 0.668. The van der Waals surface area contributed by atoms with Crippen molar-refractivity contribution < 1.29 is 9.53 Å². The Hall–Kier alpha value is -1.75. The summed E-state index contributed by atoms with van der Waals surface area (Å²) >= 11 is 0. The zero-order valence-electron chi connectivity index (χ0n) is 9.35. The number of benzene rings is 1. The summed E-state index contributed by atoms with van der Waals surface area (Å²) in [5, 5.41) is 0. The normalized spacial score (nSPS) is 10.4. The number of carbonyl (C=O) groups is 1. The summed E-state index contributed by atoms with van der Waals surface area (Å²) in [4.78, 5) is 12.4. The molecule has 1 aromatic rings. The van der Waals surface area contributed by atoms with Crippen molar-refractivity contribution in [3.63, 3.8) is 0 Å². The lowest BCUT2D eigenvalue weighted by atomic mass is 10.3. The molecule has 0 aliphatic rings. The van der Waals surface area contributed by atoms with Gasteiger partial charge >= 0.3 is 0 Å². The summed E-state index contributed by atoms with van der Waals surface area (Å²) in [6.45, 7) is 1.32. The zero-order chi connectivity index (χ0) is 12.0. The van der Waals surface area contributed by atoms with E-state index in [0.717, 1.165) is 0 Å². The molecule has 0 atom stereocenters. The maximum absolute atomic E-state index is 10.6. The van der Waals surface area contributed by atoms with E-state index in [1.807, 2.05) is 25.2 Å². The van der Waals surface area contributed by atoms with Crippen molar-refractivity contribution in [3.05, 3.63) is 24.3 Å². The summed E-state index contributed by atoms with van der Waals surface area (Å²) in [6.07, 6.45) is 0. The predicted molar refractivity (Wildman–Crippen MR) is 63.0 cm³/mol. The van der Waals surface area contributed by atoms with Gasteiger partial charge in [-0.15, -0.1) is 0 Å². The van der Waals surface area contributed by atoms with E-state index < -0.39 is 0 Å². The molecule has 16 heavy (non-hydrogen) atoms. The molecular weight excluding hydrogens is 206 g/mol. The molecule has 5 nitrogen and oxygen atoms in total. The van der Waals surface area contributed by atoms with Crippen molar-refractivity contribution in [2.24, 2.45) is 5.73 Å². The number of nitrogens with two attached hydrogens (primary N) is 2. The van der Waals surface area contributed by atoms with Gasteiger partial charge in [0.1, 0.15) is 12.4 Å². The van der Waals surface area contributed by atoms with Gasteiger partial charge in [-0.2, -0.15) is 0 Å². The van der Waals surface area contributed by atoms with Gasteiger partial charge in [0.05, 0.1) is 12.2 Å². The molecular formula is C11H17N3O2. The van der Waals surface area contributed by atoms with Gasteiger partial charge in [-0.1, -0.05) is 12.1 Å². The molecule has 0 aliphatic heterocycles. The van der Waals surface area contributed by atoms with Crippen molar-refractivity contribution in [2.45, 2.75) is 0 Å². The van der Waals surface area contributed by atoms with Gasteiger partial charge in [0.15, 0.2) is 0 Å². The standard InChI is InChI=1S/C11H17N3O2/c1-14(8-11(13)15)6-7-16-10-5-3-2-4-9(10)12/h2-5H,6-8,12H2,1H3,(H2,13,15). The summed E-state index contributed by atoms with van der Waals surface area (Å²) < 4.78 is 5.47. The van der Waals surface area contributed by atoms with Crippen LogP contribution >= 0.6 is 0 Å². The zero-order valence-corrected chi connectivity index (χ0v) is 9.35. The van der Waals surface area contributed by atoms with E-state index in [0.29, 0.717) is 24.6 Å². The summed E-state index contributed by atoms with van der Waals surface area (Å²) in [5.41, 5.74) is 11.4. The molecule has 0 saturated carbocycles.